The van der Waals surface area contributed by atoms with Crippen molar-refractivity contribution in [3.63, 3.8) is 0 Å². The van der Waals surface area contributed by atoms with Gasteiger partial charge in [-0.3, -0.25) is 4.79 Å². The first-order valence-electron chi connectivity index (χ1n) is 3.87. The van der Waals surface area contributed by atoms with Crippen LogP contribution in [0.4, 0.5) is 0 Å². The van der Waals surface area contributed by atoms with Gasteiger partial charge in [-0.15, -0.1) is 0 Å². The molecule has 0 aliphatic heterocycles. The van der Waals surface area contributed by atoms with Gasteiger partial charge in [-0.2, -0.15) is 5.10 Å². The van der Waals surface area contributed by atoms with E-state index in [-0.39, 0.29) is 5.56 Å². The van der Waals surface area contributed by atoms with Crippen LogP contribution in [-0.4, -0.2) is 14.6 Å². The van der Waals surface area contributed by atoms with Crippen molar-refractivity contribution in [2.45, 2.75) is 13.3 Å². The van der Waals surface area contributed by atoms with Gasteiger partial charge in [0.2, 0.25) is 0 Å². The average molecular weight is 163 g/mol. The van der Waals surface area contributed by atoms with Gasteiger partial charge in [-0.25, -0.2) is 4.52 Å². The first-order valence-corrected chi connectivity index (χ1v) is 3.87. The number of H-pyrrole nitrogens is 1. The van der Waals surface area contributed by atoms with Gasteiger partial charge in [0.05, 0.1) is 5.69 Å². The Morgan fingerprint density at radius 1 is 1.67 bits per heavy atom. The summed E-state index contributed by atoms with van der Waals surface area (Å²) < 4.78 is 1.67. The summed E-state index contributed by atoms with van der Waals surface area (Å²) in [7, 11) is 0. The fourth-order valence-electron chi connectivity index (χ4n) is 1.13. The molecule has 0 atom stereocenters. The summed E-state index contributed by atoms with van der Waals surface area (Å²) in [6, 6.07) is 3.33. The molecule has 12 heavy (non-hydrogen) atoms. The Bertz CT molecular complexity index is 455. The van der Waals surface area contributed by atoms with Crippen molar-refractivity contribution in [3.8, 4) is 0 Å². The smallest absolute Gasteiger partial charge is 0.251 e. The van der Waals surface area contributed by atoms with Gasteiger partial charge in [0.1, 0.15) is 5.65 Å². The molecule has 0 amide bonds. The SMILES string of the molecule is CCc1cc2[nH]c(=O)ccn2n1. The highest BCUT2D eigenvalue weighted by Crippen LogP contribution is 2.00. The third-order valence-corrected chi connectivity index (χ3v) is 1.77. The molecular formula is C8H9N3O. The summed E-state index contributed by atoms with van der Waals surface area (Å²) in [6.45, 7) is 2.03. The maximum atomic E-state index is 10.9. The number of fused-ring (bicyclic) bond motifs is 1. The maximum Gasteiger partial charge on any atom is 0.251 e. The molecule has 0 bridgehead atoms. The summed E-state index contributed by atoms with van der Waals surface area (Å²) >= 11 is 0. The Balaban J connectivity index is 2.75. The molecule has 2 rings (SSSR count). The van der Waals surface area contributed by atoms with Crippen LogP contribution in [0.1, 0.15) is 12.6 Å². The molecule has 62 valence electrons. The summed E-state index contributed by atoms with van der Waals surface area (Å²) in [5, 5.41) is 4.22. The molecule has 2 aromatic rings. The van der Waals surface area contributed by atoms with E-state index >= 15 is 0 Å². The molecule has 0 aromatic carbocycles. The number of aromatic amines is 1. The molecule has 1 N–H and O–H groups in total. The molecule has 2 heterocycles. The van der Waals surface area contributed by atoms with Gasteiger partial charge in [0, 0.05) is 18.3 Å². The lowest BCUT2D eigenvalue weighted by molar-refractivity contribution is 0.882. The van der Waals surface area contributed by atoms with E-state index in [1.165, 1.54) is 6.07 Å². The Labute approximate surface area is 68.8 Å². The summed E-state index contributed by atoms with van der Waals surface area (Å²) in [6.07, 6.45) is 2.54. The van der Waals surface area contributed by atoms with Crippen LogP contribution in [0.5, 0.6) is 0 Å². The summed E-state index contributed by atoms with van der Waals surface area (Å²) in [5.74, 6) is 0. The van der Waals surface area contributed by atoms with Crippen molar-refractivity contribution < 1.29 is 0 Å². The molecule has 0 saturated carbocycles. The minimum atomic E-state index is -0.0925. The number of nitrogens with one attached hydrogen (secondary N) is 1. The minimum absolute atomic E-state index is 0.0925. The zero-order valence-electron chi connectivity index (χ0n) is 6.74. The fourth-order valence-corrected chi connectivity index (χ4v) is 1.13. The third-order valence-electron chi connectivity index (χ3n) is 1.77. The van der Waals surface area contributed by atoms with Crippen LogP contribution in [0, 0.1) is 0 Å². The third kappa shape index (κ3) is 1.01. The molecule has 0 saturated heterocycles. The standard InChI is InChI=1S/C8H9N3O/c1-2-6-5-7-9-8(12)3-4-11(7)10-6/h3-5H,2H2,1H3,(H,9,12). The molecule has 0 unspecified atom stereocenters. The Kier molecular flexibility index (Phi) is 1.46. The molecule has 0 spiro atoms. The van der Waals surface area contributed by atoms with Crippen LogP contribution >= 0.6 is 0 Å². The van der Waals surface area contributed by atoms with Gasteiger partial charge in [-0.1, -0.05) is 6.92 Å². The fraction of sp³-hybridized carbons (Fsp3) is 0.250. The van der Waals surface area contributed by atoms with Gasteiger partial charge >= 0.3 is 0 Å². The number of rotatable bonds is 1. The van der Waals surface area contributed by atoms with Crippen LogP contribution in [0.15, 0.2) is 23.1 Å². The quantitative estimate of drug-likeness (QED) is 0.668. The Morgan fingerprint density at radius 3 is 3.25 bits per heavy atom. The van der Waals surface area contributed by atoms with E-state index in [1.807, 2.05) is 13.0 Å². The highest BCUT2D eigenvalue weighted by Gasteiger charge is 1.98. The average Bonchev–Trinajstić information content (AvgIpc) is 2.46. The lowest BCUT2D eigenvalue weighted by atomic mass is 10.3. The summed E-state index contributed by atoms with van der Waals surface area (Å²) in [5.41, 5.74) is 1.64. The molecular weight excluding hydrogens is 154 g/mol. The van der Waals surface area contributed by atoms with Crippen LogP contribution in [0.2, 0.25) is 0 Å². The van der Waals surface area contributed by atoms with Crippen LogP contribution in [0.25, 0.3) is 5.65 Å². The first kappa shape index (κ1) is 7.09. The minimum Gasteiger partial charge on any atom is -0.307 e. The van der Waals surface area contributed by atoms with Crippen molar-refractivity contribution in [2.75, 3.05) is 0 Å². The van der Waals surface area contributed by atoms with Crippen LogP contribution < -0.4 is 5.56 Å². The van der Waals surface area contributed by atoms with Crippen LogP contribution in [-0.2, 0) is 6.42 Å². The molecule has 0 aliphatic carbocycles. The number of hydrogen-bond acceptors (Lipinski definition) is 2. The number of nitrogens with zero attached hydrogens (tertiary/aromatic N) is 2. The second kappa shape index (κ2) is 2.48. The highest BCUT2D eigenvalue weighted by atomic mass is 16.1. The van der Waals surface area contributed by atoms with Gasteiger partial charge < -0.3 is 4.98 Å². The van der Waals surface area contributed by atoms with E-state index in [4.69, 9.17) is 0 Å². The number of aryl methyl sites for hydroxylation is 1. The normalized spacial score (nSPS) is 10.8. The van der Waals surface area contributed by atoms with E-state index in [0.29, 0.717) is 0 Å². The van der Waals surface area contributed by atoms with Crippen molar-refractivity contribution in [1.29, 1.82) is 0 Å². The zero-order chi connectivity index (χ0) is 8.55. The molecule has 0 radical (unpaired) electrons. The van der Waals surface area contributed by atoms with Crippen molar-refractivity contribution in [2.24, 2.45) is 0 Å². The number of aromatic nitrogens is 3. The van der Waals surface area contributed by atoms with Crippen molar-refractivity contribution in [3.05, 3.63) is 34.4 Å². The van der Waals surface area contributed by atoms with E-state index in [1.54, 1.807) is 10.7 Å². The van der Waals surface area contributed by atoms with Gasteiger partial charge in [-0.05, 0) is 6.42 Å². The highest BCUT2D eigenvalue weighted by molar-refractivity contribution is 5.37. The topological polar surface area (TPSA) is 50.2 Å². The van der Waals surface area contributed by atoms with E-state index in [9.17, 15) is 4.79 Å². The van der Waals surface area contributed by atoms with Gasteiger partial charge in [0.25, 0.3) is 5.56 Å². The molecule has 0 fully saturated rings. The lowest BCUT2D eigenvalue weighted by Gasteiger charge is -1.87. The maximum absolute atomic E-state index is 10.9. The molecule has 2 aromatic heterocycles. The second-order valence-electron chi connectivity index (χ2n) is 2.62. The lowest BCUT2D eigenvalue weighted by Crippen LogP contribution is -2.05. The summed E-state index contributed by atoms with van der Waals surface area (Å²) in [4.78, 5) is 13.6. The Hall–Kier alpha value is -1.58. The molecule has 4 heteroatoms. The van der Waals surface area contributed by atoms with E-state index in [0.717, 1.165) is 17.8 Å². The Morgan fingerprint density at radius 2 is 2.50 bits per heavy atom. The molecule has 0 aliphatic rings. The van der Waals surface area contributed by atoms with Crippen molar-refractivity contribution >= 4 is 5.65 Å². The predicted octanol–water partition coefficient (Wildman–Crippen LogP) is 0.585. The van der Waals surface area contributed by atoms with E-state index in [2.05, 4.69) is 10.1 Å². The van der Waals surface area contributed by atoms with Gasteiger partial charge in [0.15, 0.2) is 0 Å². The zero-order valence-corrected chi connectivity index (χ0v) is 6.74. The molecule has 4 nitrogen and oxygen atoms in total. The first-order chi connectivity index (χ1) is 5.79. The van der Waals surface area contributed by atoms with E-state index < -0.39 is 0 Å². The monoisotopic (exact) mass is 163 g/mol. The predicted molar refractivity (Wildman–Crippen MR) is 45.2 cm³/mol. The second-order valence-corrected chi connectivity index (χ2v) is 2.62. The number of hydrogen-bond donors (Lipinski definition) is 1. The van der Waals surface area contributed by atoms with Crippen LogP contribution in [0.3, 0.4) is 0 Å². The largest absolute Gasteiger partial charge is 0.307 e. The van der Waals surface area contributed by atoms with Crippen molar-refractivity contribution in [1.82, 2.24) is 14.6 Å².